The number of aliphatic hydroxyl groups excluding tert-OH is 1. The lowest BCUT2D eigenvalue weighted by molar-refractivity contribution is 0.192. The number of imidazole rings is 1. The molecule has 8 nitrogen and oxygen atoms in total. The molecule has 2 aromatic carbocycles. The zero-order chi connectivity index (χ0) is 24.5. The summed E-state index contributed by atoms with van der Waals surface area (Å²) in [5.74, 6) is 0.695. The maximum atomic E-state index is 10.1. The van der Waals surface area contributed by atoms with Gasteiger partial charge in [-0.3, -0.25) is 15.1 Å². The number of aromatic nitrogens is 6. The van der Waals surface area contributed by atoms with Crippen LogP contribution in [0.2, 0.25) is 0 Å². The predicted molar refractivity (Wildman–Crippen MR) is 142 cm³/mol. The van der Waals surface area contributed by atoms with Gasteiger partial charge < -0.3 is 15.4 Å². The Morgan fingerprint density at radius 1 is 0.917 bits per heavy atom. The highest BCUT2D eigenvalue weighted by atomic mass is 16.3. The van der Waals surface area contributed by atoms with E-state index in [1.165, 1.54) is 0 Å². The molecule has 0 bridgehead atoms. The summed E-state index contributed by atoms with van der Waals surface area (Å²) >= 11 is 0. The predicted octanol–water partition coefficient (Wildman–Crippen LogP) is 5.76. The van der Waals surface area contributed by atoms with Crippen LogP contribution in [0.15, 0.2) is 79.4 Å². The highest BCUT2D eigenvalue weighted by molar-refractivity contribution is 5.98. The third-order valence-electron chi connectivity index (χ3n) is 6.24. The van der Waals surface area contributed by atoms with Crippen LogP contribution in [-0.2, 0) is 0 Å². The lowest BCUT2D eigenvalue weighted by atomic mass is 10.0. The first-order chi connectivity index (χ1) is 17.7. The largest absolute Gasteiger partial charge is 0.374 e. The molecule has 0 saturated heterocycles. The number of rotatable bonds is 7. The molecule has 4 heterocycles. The van der Waals surface area contributed by atoms with E-state index >= 15 is 0 Å². The lowest BCUT2D eigenvalue weighted by Crippen LogP contribution is -2.18. The van der Waals surface area contributed by atoms with Crippen LogP contribution in [0.4, 0.5) is 5.69 Å². The summed E-state index contributed by atoms with van der Waals surface area (Å²) < 4.78 is 0. The Kier molecular flexibility index (Phi) is 5.63. The quantitative estimate of drug-likeness (QED) is 0.218. The number of pyridine rings is 2. The molecule has 4 N–H and O–H groups in total. The van der Waals surface area contributed by atoms with E-state index in [0.29, 0.717) is 12.2 Å². The SMILES string of the molecule is CCCC(O)Nc1cncc(-c2ccc3[nH]nc(-c4nc5c(-c6cccnc6)cccc5[nH]4)c3c2)c1. The Balaban J connectivity index is 1.40. The minimum atomic E-state index is -0.598. The summed E-state index contributed by atoms with van der Waals surface area (Å²) in [4.78, 5) is 17.0. The number of para-hydroxylation sites is 1. The van der Waals surface area contributed by atoms with Gasteiger partial charge in [-0.1, -0.05) is 37.6 Å². The molecule has 0 saturated carbocycles. The number of anilines is 1. The molecule has 178 valence electrons. The summed E-state index contributed by atoms with van der Waals surface area (Å²) in [7, 11) is 0. The Morgan fingerprint density at radius 2 is 1.83 bits per heavy atom. The second-order valence-electron chi connectivity index (χ2n) is 8.77. The number of hydrogen-bond donors (Lipinski definition) is 4. The monoisotopic (exact) mass is 475 g/mol. The molecule has 4 aromatic heterocycles. The van der Waals surface area contributed by atoms with Crippen molar-refractivity contribution in [3.05, 3.63) is 79.4 Å². The first kappa shape index (κ1) is 21.9. The van der Waals surface area contributed by atoms with Gasteiger partial charge in [0.1, 0.15) is 11.9 Å². The summed E-state index contributed by atoms with van der Waals surface area (Å²) in [5.41, 5.74) is 8.24. The van der Waals surface area contributed by atoms with Crippen molar-refractivity contribution in [2.24, 2.45) is 0 Å². The highest BCUT2D eigenvalue weighted by Gasteiger charge is 2.16. The van der Waals surface area contributed by atoms with Gasteiger partial charge in [0.15, 0.2) is 5.82 Å². The van der Waals surface area contributed by atoms with Gasteiger partial charge >= 0.3 is 0 Å². The van der Waals surface area contributed by atoms with E-state index in [0.717, 1.165) is 62.0 Å². The maximum Gasteiger partial charge on any atom is 0.159 e. The number of fused-ring (bicyclic) bond motifs is 2. The van der Waals surface area contributed by atoms with Gasteiger partial charge in [0.25, 0.3) is 0 Å². The summed E-state index contributed by atoms with van der Waals surface area (Å²) in [6.07, 6.45) is 8.12. The molecule has 0 fully saturated rings. The third-order valence-corrected chi connectivity index (χ3v) is 6.24. The molecule has 6 aromatic rings. The minimum Gasteiger partial charge on any atom is -0.374 e. The van der Waals surface area contributed by atoms with Crippen molar-refractivity contribution in [2.45, 2.75) is 26.0 Å². The Morgan fingerprint density at radius 3 is 2.69 bits per heavy atom. The molecule has 0 aliphatic rings. The first-order valence-electron chi connectivity index (χ1n) is 12.0. The van der Waals surface area contributed by atoms with E-state index in [9.17, 15) is 5.11 Å². The summed E-state index contributed by atoms with van der Waals surface area (Å²) in [6, 6.07) is 18.2. The van der Waals surface area contributed by atoms with Crippen molar-refractivity contribution in [3.63, 3.8) is 0 Å². The van der Waals surface area contributed by atoms with Crippen LogP contribution in [-0.4, -0.2) is 41.5 Å². The fourth-order valence-corrected chi connectivity index (χ4v) is 4.49. The molecule has 0 aliphatic heterocycles. The molecule has 1 unspecified atom stereocenters. The van der Waals surface area contributed by atoms with Gasteiger partial charge in [-0.15, -0.1) is 0 Å². The lowest BCUT2D eigenvalue weighted by Gasteiger charge is -2.13. The summed E-state index contributed by atoms with van der Waals surface area (Å²) in [6.45, 7) is 2.04. The van der Waals surface area contributed by atoms with Crippen LogP contribution in [0.1, 0.15) is 19.8 Å². The van der Waals surface area contributed by atoms with Gasteiger partial charge in [0.05, 0.1) is 28.4 Å². The van der Waals surface area contributed by atoms with Crippen molar-refractivity contribution in [1.82, 2.24) is 30.1 Å². The van der Waals surface area contributed by atoms with Gasteiger partial charge in [0.2, 0.25) is 0 Å². The van der Waals surface area contributed by atoms with Crippen molar-refractivity contribution in [1.29, 1.82) is 0 Å². The zero-order valence-corrected chi connectivity index (χ0v) is 19.7. The van der Waals surface area contributed by atoms with Crippen molar-refractivity contribution in [3.8, 4) is 33.8 Å². The van der Waals surface area contributed by atoms with E-state index in [2.05, 4.69) is 42.6 Å². The number of H-pyrrole nitrogens is 2. The van der Waals surface area contributed by atoms with Gasteiger partial charge in [0, 0.05) is 40.7 Å². The average molecular weight is 476 g/mol. The van der Waals surface area contributed by atoms with Crippen molar-refractivity contribution in [2.75, 3.05) is 5.32 Å². The van der Waals surface area contributed by atoms with E-state index in [-0.39, 0.29) is 0 Å². The van der Waals surface area contributed by atoms with Gasteiger partial charge in [-0.05, 0) is 42.3 Å². The molecular weight excluding hydrogens is 450 g/mol. The van der Waals surface area contributed by atoms with Crippen molar-refractivity contribution < 1.29 is 5.11 Å². The topological polar surface area (TPSA) is 115 Å². The second kappa shape index (κ2) is 9.24. The minimum absolute atomic E-state index is 0.598. The Hall–Kier alpha value is -4.56. The maximum absolute atomic E-state index is 10.1. The molecule has 1 atom stereocenters. The molecule has 0 aliphatic carbocycles. The van der Waals surface area contributed by atoms with Crippen LogP contribution >= 0.6 is 0 Å². The Labute approximate surface area is 207 Å². The zero-order valence-electron chi connectivity index (χ0n) is 19.7. The van der Waals surface area contributed by atoms with Crippen LogP contribution < -0.4 is 5.32 Å². The van der Waals surface area contributed by atoms with Crippen LogP contribution in [0.5, 0.6) is 0 Å². The van der Waals surface area contributed by atoms with E-state index in [4.69, 9.17) is 4.98 Å². The number of aliphatic hydroxyl groups is 1. The molecular formula is C28H25N7O. The van der Waals surface area contributed by atoms with E-state index in [1.54, 1.807) is 12.4 Å². The molecule has 6 rings (SSSR count). The number of nitrogens with zero attached hydrogens (tertiary/aromatic N) is 4. The highest BCUT2D eigenvalue weighted by Crippen LogP contribution is 2.33. The normalized spacial score (nSPS) is 12.3. The van der Waals surface area contributed by atoms with Gasteiger partial charge in [-0.2, -0.15) is 5.10 Å². The van der Waals surface area contributed by atoms with E-state index in [1.807, 2.05) is 61.8 Å². The van der Waals surface area contributed by atoms with Crippen molar-refractivity contribution >= 4 is 27.6 Å². The second-order valence-corrected chi connectivity index (χ2v) is 8.77. The van der Waals surface area contributed by atoms with Gasteiger partial charge in [-0.25, -0.2) is 4.98 Å². The van der Waals surface area contributed by atoms with E-state index < -0.39 is 6.23 Å². The molecule has 0 spiro atoms. The first-order valence-corrected chi connectivity index (χ1v) is 12.0. The molecule has 36 heavy (non-hydrogen) atoms. The number of nitrogens with one attached hydrogen (secondary N) is 3. The fraction of sp³-hybridized carbons (Fsp3) is 0.143. The number of aromatic amines is 2. The van der Waals surface area contributed by atoms with Crippen LogP contribution in [0.3, 0.4) is 0 Å². The number of benzene rings is 2. The van der Waals surface area contributed by atoms with Crippen LogP contribution in [0, 0.1) is 0 Å². The third kappa shape index (κ3) is 4.08. The molecule has 0 radical (unpaired) electrons. The standard InChI is InChI=1S/C28H25N7O/c1-2-5-25(36)31-20-12-19(15-30-16-20)17-9-10-23-22(13-17)27(35-34-23)28-32-24-8-3-7-21(26(24)33-28)18-6-4-11-29-14-18/h3-4,6-16,25,31,36H,2,5H2,1H3,(H,32,33)(H,34,35). The molecule has 0 amide bonds. The fourth-order valence-electron chi connectivity index (χ4n) is 4.49. The molecule has 8 heteroatoms. The van der Waals surface area contributed by atoms with Crippen LogP contribution in [0.25, 0.3) is 55.7 Å². The average Bonchev–Trinajstić information content (AvgIpc) is 3.53. The Bertz CT molecular complexity index is 1660. The smallest absolute Gasteiger partial charge is 0.159 e. The summed E-state index contributed by atoms with van der Waals surface area (Å²) in [5, 5.41) is 21.9. The number of hydrogen-bond acceptors (Lipinski definition) is 6.